The lowest BCUT2D eigenvalue weighted by Crippen LogP contribution is -2.65. The predicted octanol–water partition coefficient (Wildman–Crippen LogP) is 1.53. The Kier molecular flexibility index (Phi) is 5.29. The maximum absolute atomic E-state index is 13.3. The molecule has 0 radical (unpaired) electrons. The summed E-state index contributed by atoms with van der Waals surface area (Å²) in [4.78, 5) is 29.5. The normalized spacial score (nSPS) is 30.8. The van der Waals surface area contributed by atoms with Gasteiger partial charge >= 0.3 is 6.03 Å². The van der Waals surface area contributed by atoms with Crippen LogP contribution in [-0.4, -0.2) is 71.3 Å². The molecule has 7 nitrogen and oxygen atoms in total. The third-order valence-electron chi connectivity index (χ3n) is 6.09. The van der Waals surface area contributed by atoms with E-state index in [9.17, 15) is 14.7 Å². The highest BCUT2D eigenvalue weighted by Crippen LogP contribution is 2.39. The Morgan fingerprint density at radius 3 is 2.46 bits per heavy atom. The zero-order chi connectivity index (χ0) is 19.7. The molecule has 28 heavy (non-hydrogen) atoms. The van der Waals surface area contributed by atoms with E-state index >= 15 is 0 Å². The van der Waals surface area contributed by atoms with Crippen LogP contribution in [-0.2, 0) is 9.53 Å². The van der Waals surface area contributed by atoms with Gasteiger partial charge in [-0.05, 0) is 31.7 Å². The lowest BCUT2D eigenvalue weighted by molar-refractivity contribution is -0.128. The van der Waals surface area contributed by atoms with Crippen LogP contribution in [0.5, 0.6) is 0 Å². The van der Waals surface area contributed by atoms with E-state index in [-0.39, 0.29) is 17.9 Å². The van der Waals surface area contributed by atoms with Crippen LogP contribution in [0.1, 0.15) is 37.8 Å². The molecule has 0 aromatic heterocycles. The molecule has 2 N–H and O–H groups in total. The van der Waals surface area contributed by atoms with E-state index in [1.54, 1.807) is 11.8 Å². The minimum atomic E-state index is -1.09. The summed E-state index contributed by atoms with van der Waals surface area (Å²) in [5.74, 6) is 0.0180. The molecule has 3 unspecified atom stereocenters. The number of nitrogens with one attached hydrogen (secondary N) is 1. The fraction of sp³-hybridized carbons (Fsp3) is 0.619. The first kappa shape index (κ1) is 19.2. The highest BCUT2D eigenvalue weighted by molar-refractivity contribution is 5.82. The summed E-state index contributed by atoms with van der Waals surface area (Å²) in [6.07, 6.45) is 2.21. The summed E-state index contributed by atoms with van der Waals surface area (Å²) in [7, 11) is 0. The van der Waals surface area contributed by atoms with Gasteiger partial charge in [0.05, 0.1) is 30.9 Å². The van der Waals surface area contributed by atoms with Crippen molar-refractivity contribution in [2.24, 2.45) is 5.92 Å². The summed E-state index contributed by atoms with van der Waals surface area (Å²) < 4.78 is 5.38. The van der Waals surface area contributed by atoms with E-state index in [0.29, 0.717) is 39.3 Å². The molecule has 3 aliphatic rings. The quantitative estimate of drug-likeness (QED) is 0.824. The number of rotatable bonds is 3. The third-order valence-corrected chi connectivity index (χ3v) is 6.09. The van der Waals surface area contributed by atoms with Crippen molar-refractivity contribution in [2.45, 2.75) is 43.9 Å². The number of nitrogens with zero attached hydrogens (tertiary/aromatic N) is 2. The number of aliphatic hydroxyl groups is 1. The molecule has 3 atom stereocenters. The number of ether oxygens (including phenoxy) is 1. The summed E-state index contributed by atoms with van der Waals surface area (Å²) in [6, 6.07) is 8.68. The molecule has 1 aliphatic carbocycles. The molecule has 0 spiro atoms. The number of benzene rings is 1. The minimum absolute atomic E-state index is 0.0214. The first-order valence-electron chi connectivity index (χ1n) is 10.2. The van der Waals surface area contributed by atoms with E-state index in [4.69, 9.17) is 4.74 Å². The second-order valence-electron chi connectivity index (χ2n) is 8.30. The van der Waals surface area contributed by atoms with E-state index in [1.807, 2.05) is 35.2 Å². The van der Waals surface area contributed by atoms with Gasteiger partial charge in [0.15, 0.2) is 0 Å². The van der Waals surface area contributed by atoms with Gasteiger partial charge < -0.3 is 25.0 Å². The standard InChI is InChI=1S/C21H29N3O4/c1-21(27)9-10-24(20(26)23-11-13-28-14-12-23)17(15-5-3-2-4-6-15)18(21)22-19(25)16-7-8-16/h2-6,16-18,27H,7-14H2,1H3,(H,22,25). The molecule has 7 heteroatoms. The number of amides is 3. The smallest absolute Gasteiger partial charge is 0.320 e. The molecule has 3 amide bonds. The molecule has 152 valence electrons. The van der Waals surface area contributed by atoms with Crippen LogP contribution in [0.15, 0.2) is 30.3 Å². The van der Waals surface area contributed by atoms with Crippen molar-refractivity contribution >= 4 is 11.9 Å². The predicted molar refractivity (Wildman–Crippen MR) is 104 cm³/mol. The first-order valence-corrected chi connectivity index (χ1v) is 10.2. The van der Waals surface area contributed by atoms with Crippen LogP contribution in [0.4, 0.5) is 4.79 Å². The number of piperidine rings is 1. The van der Waals surface area contributed by atoms with Crippen molar-refractivity contribution in [2.75, 3.05) is 32.8 Å². The monoisotopic (exact) mass is 387 g/mol. The average molecular weight is 387 g/mol. The molecular weight excluding hydrogens is 358 g/mol. The summed E-state index contributed by atoms with van der Waals surface area (Å²) in [5, 5.41) is 14.2. The summed E-state index contributed by atoms with van der Waals surface area (Å²) >= 11 is 0. The Morgan fingerprint density at radius 2 is 1.82 bits per heavy atom. The van der Waals surface area contributed by atoms with Gasteiger partial charge in [0, 0.05) is 25.6 Å². The second-order valence-corrected chi connectivity index (χ2v) is 8.30. The van der Waals surface area contributed by atoms with E-state index < -0.39 is 17.7 Å². The van der Waals surface area contributed by atoms with Gasteiger partial charge in [-0.25, -0.2) is 4.79 Å². The fourth-order valence-corrected chi connectivity index (χ4v) is 4.19. The highest BCUT2D eigenvalue weighted by atomic mass is 16.5. The van der Waals surface area contributed by atoms with Gasteiger partial charge in [-0.3, -0.25) is 4.79 Å². The zero-order valence-electron chi connectivity index (χ0n) is 16.3. The Labute approximate surface area is 165 Å². The number of hydrogen-bond acceptors (Lipinski definition) is 4. The lowest BCUT2D eigenvalue weighted by Gasteiger charge is -2.50. The van der Waals surface area contributed by atoms with Crippen LogP contribution in [0.2, 0.25) is 0 Å². The fourth-order valence-electron chi connectivity index (χ4n) is 4.19. The molecule has 4 rings (SSSR count). The average Bonchev–Trinajstić information content (AvgIpc) is 3.55. The number of likely N-dealkylation sites (tertiary alicyclic amines) is 1. The van der Waals surface area contributed by atoms with Gasteiger partial charge in [-0.15, -0.1) is 0 Å². The Balaban J connectivity index is 1.66. The Morgan fingerprint density at radius 1 is 1.14 bits per heavy atom. The zero-order valence-corrected chi connectivity index (χ0v) is 16.3. The van der Waals surface area contributed by atoms with Crippen molar-refractivity contribution in [1.29, 1.82) is 0 Å². The largest absolute Gasteiger partial charge is 0.388 e. The third kappa shape index (κ3) is 3.86. The molecule has 1 saturated carbocycles. The summed E-state index contributed by atoms with van der Waals surface area (Å²) in [5.41, 5.74) is -0.169. The van der Waals surface area contributed by atoms with Gasteiger partial charge in [-0.2, -0.15) is 0 Å². The number of carbonyl (C=O) groups is 2. The number of urea groups is 1. The Bertz CT molecular complexity index is 714. The van der Waals surface area contributed by atoms with Crippen molar-refractivity contribution in [3.05, 3.63) is 35.9 Å². The molecular formula is C21H29N3O4. The SMILES string of the molecule is CC1(O)CCN(C(=O)N2CCOCC2)C(c2ccccc2)C1NC(=O)C1CC1. The van der Waals surface area contributed by atoms with Crippen molar-refractivity contribution in [3.63, 3.8) is 0 Å². The maximum Gasteiger partial charge on any atom is 0.320 e. The van der Waals surface area contributed by atoms with E-state index in [0.717, 1.165) is 18.4 Å². The minimum Gasteiger partial charge on any atom is -0.388 e. The highest BCUT2D eigenvalue weighted by Gasteiger charge is 2.49. The van der Waals surface area contributed by atoms with Crippen LogP contribution in [0, 0.1) is 5.92 Å². The van der Waals surface area contributed by atoms with E-state index in [2.05, 4.69) is 5.32 Å². The second kappa shape index (κ2) is 7.72. The van der Waals surface area contributed by atoms with Crippen LogP contribution < -0.4 is 5.32 Å². The van der Waals surface area contributed by atoms with Crippen molar-refractivity contribution < 1.29 is 19.4 Å². The van der Waals surface area contributed by atoms with Crippen molar-refractivity contribution in [3.8, 4) is 0 Å². The van der Waals surface area contributed by atoms with Crippen LogP contribution >= 0.6 is 0 Å². The first-order chi connectivity index (χ1) is 13.5. The van der Waals surface area contributed by atoms with Gasteiger partial charge in [0.1, 0.15) is 0 Å². The number of carbonyl (C=O) groups excluding carboxylic acids is 2. The van der Waals surface area contributed by atoms with Gasteiger partial charge in [0.2, 0.25) is 5.91 Å². The van der Waals surface area contributed by atoms with Gasteiger partial charge in [0.25, 0.3) is 0 Å². The Hall–Kier alpha value is -2.12. The maximum atomic E-state index is 13.3. The van der Waals surface area contributed by atoms with Crippen LogP contribution in [0.3, 0.4) is 0 Å². The topological polar surface area (TPSA) is 82.1 Å². The molecule has 2 saturated heterocycles. The molecule has 0 bridgehead atoms. The molecule has 2 aliphatic heterocycles. The molecule has 2 heterocycles. The van der Waals surface area contributed by atoms with Crippen molar-refractivity contribution in [1.82, 2.24) is 15.1 Å². The molecule has 1 aromatic rings. The number of morpholine rings is 1. The van der Waals surface area contributed by atoms with Gasteiger partial charge in [-0.1, -0.05) is 30.3 Å². The molecule has 3 fully saturated rings. The lowest BCUT2D eigenvalue weighted by atomic mass is 9.79. The molecule has 1 aromatic carbocycles. The van der Waals surface area contributed by atoms with Crippen LogP contribution in [0.25, 0.3) is 0 Å². The van der Waals surface area contributed by atoms with E-state index in [1.165, 1.54) is 0 Å². The number of hydrogen-bond donors (Lipinski definition) is 2. The summed E-state index contributed by atoms with van der Waals surface area (Å²) in [6.45, 7) is 4.40.